The third kappa shape index (κ3) is 3.94. The Labute approximate surface area is 128 Å². The quantitative estimate of drug-likeness (QED) is 0.774. The molecule has 2 rings (SSSR count). The Morgan fingerprint density at radius 3 is 2.57 bits per heavy atom. The van der Waals surface area contributed by atoms with E-state index >= 15 is 0 Å². The molecule has 21 heavy (non-hydrogen) atoms. The zero-order chi connectivity index (χ0) is 15.5. The molecule has 1 fully saturated rings. The number of piperazine rings is 1. The molecule has 0 aromatic carbocycles. The van der Waals surface area contributed by atoms with Crippen LogP contribution < -0.4 is 5.73 Å². The van der Waals surface area contributed by atoms with Gasteiger partial charge in [0.25, 0.3) is 10.0 Å². The predicted molar refractivity (Wildman–Crippen MR) is 80.6 cm³/mol. The van der Waals surface area contributed by atoms with Gasteiger partial charge in [0.2, 0.25) is 0 Å². The van der Waals surface area contributed by atoms with Crippen molar-refractivity contribution in [2.45, 2.75) is 10.6 Å². The molecule has 2 N–H and O–H groups in total. The third-order valence-electron chi connectivity index (χ3n) is 3.38. The lowest BCUT2D eigenvalue weighted by molar-refractivity contribution is -0.141. The molecule has 0 bridgehead atoms. The molecule has 0 aliphatic carbocycles. The fourth-order valence-corrected chi connectivity index (χ4v) is 4.79. The SMILES string of the molecule is COC(=O)CCN1CCN(S(=O)(=O)c2cc(N)cs2)CC1. The van der Waals surface area contributed by atoms with Crippen molar-refractivity contribution < 1.29 is 17.9 Å². The Morgan fingerprint density at radius 2 is 2.05 bits per heavy atom. The van der Waals surface area contributed by atoms with E-state index in [-0.39, 0.29) is 10.2 Å². The van der Waals surface area contributed by atoms with Gasteiger partial charge in [-0.1, -0.05) is 0 Å². The van der Waals surface area contributed by atoms with Crippen LogP contribution >= 0.6 is 11.3 Å². The number of methoxy groups -OCH3 is 1. The van der Waals surface area contributed by atoms with E-state index in [0.717, 1.165) is 11.3 Å². The highest BCUT2D eigenvalue weighted by atomic mass is 32.2. The van der Waals surface area contributed by atoms with Gasteiger partial charge in [0.15, 0.2) is 0 Å². The third-order valence-corrected chi connectivity index (χ3v) is 6.71. The van der Waals surface area contributed by atoms with E-state index in [2.05, 4.69) is 9.64 Å². The molecule has 7 nitrogen and oxygen atoms in total. The van der Waals surface area contributed by atoms with Gasteiger partial charge in [0.1, 0.15) is 4.21 Å². The number of carbonyl (C=O) groups is 1. The number of carbonyl (C=O) groups excluding carboxylic acids is 1. The molecule has 1 aliphatic rings. The molecular weight excluding hydrogens is 314 g/mol. The van der Waals surface area contributed by atoms with Gasteiger partial charge >= 0.3 is 5.97 Å². The summed E-state index contributed by atoms with van der Waals surface area (Å²) < 4.78 is 31.2. The summed E-state index contributed by atoms with van der Waals surface area (Å²) in [5.41, 5.74) is 6.05. The zero-order valence-electron chi connectivity index (χ0n) is 11.8. The van der Waals surface area contributed by atoms with Crippen molar-refractivity contribution in [3.05, 3.63) is 11.4 Å². The summed E-state index contributed by atoms with van der Waals surface area (Å²) in [5.74, 6) is -0.251. The minimum Gasteiger partial charge on any atom is -0.469 e. The van der Waals surface area contributed by atoms with Crippen LogP contribution in [-0.4, -0.2) is 63.4 Å². The lowest BCUT2D eigenvalue weighted by Crippen LogP contribution is -2.48. The van der Waals surface area contributed by atoms with Gasteiger partial charge in [-0.25, -0.2) is 8.42 Å². The number of thiophene rings is 1. The Balaban J connectivity index is 1.90. The summed E-state index contributed by atoms with van der Waals surface area (Å²) >= 11 is 1.14. The normalized spacial score (nSPS) is 17.8. The summed E-state index contributed by atoms with van der Waals surface area (Å²) in [5, 5.41) is 1.62. The van der Waals surface area contributed by atoms with E-state index < -0.39 is 10.0 Å². The van der Waals surface area contributed by atoms with Crippen LogP contribution in [0, 0.1) is 0 Å². The van der Waals surface area contributed by atoms with Gasteiger partial charge in [-0.05, 0) is 6.07 Å². The molecule has 0 radical (unpaired) electrons. The van der Waals surface area contributed by atoms with Crippen molar-refractivity contribution in [1.29, 1.82) is 0 Å². The summed E-state index contributed by atoms with van der Waals surface area (Å²) in [6, 6.07) is 1.49. The molecule has 1 aromatic rings. The second-order valence-corrected chi connectivity index (χ2v) is 7.85. The van der Waals surface area contributed by atoms with Gasteiger partial charge in [-0.2, -0.15) is 4.31 Å². The molecule has 2 heterocycles. The topological polar surface area (TPSA) is 92.9 Å². The number of nitrogens with two attached hydrogens (primary N) is 1. The number of nitrogen functional groups attached to an aromatic ring is 1. The first-order chi connectivity index (χ1) is 9.93. The number of ether oxygens (including phenoxy) is 1. The van der Waals surface area contributed by atoms with Crippen LogP contribution in [0.3, 0.4) is 0 Å². The number of esters is 1. The van der Waals surface area contributed by atoms with Crippen molar-refractivity contribution in [3.8, 4) is 0 Å². The Bertz CT molecular complexity index is 591. The zero-order valence-corrected chi connectivity index (χ0v) is 13.5. The first-order valence-electron chi connectivity index (χ1n) is 6.57. The molecular formula is C12H19N3O4S2. The maximum atomic E-state index is 12.4. The van der Waals surface area contributed by atoms with Crippen molar-refractivity contribution in [2.24, 2.45) is 0 Å². The maximum Gasteiger partial charge on any atom is 0.306 e. The van der Waals surface area contributed by atoms with Crippen LogP contribution in [0.5, 0.6) is 0 Å². The molecule has 1 saturated heterocycles. The number of anilines is 1. The van der Waals surface area contributed by atoms with Crippen molar-refractivity contribution in [1.82, 2.24) is 9.21 Å². The lowest BCUT2D eigenvalue weighted by atomic mass is 10.3. The molecule has 0 spiro atoms. The summed E-state index contributed by atoms with van der Waals surface area (Å²) in [4.78, 5) is 13.2. The Morgan fingerprint density at radius 1 is 1.38 bits per heavy atom. The molecule has 1 aliphatic heterocycles. The second kappa shape index (κ2) is 6.73. The number of nitrogens with zero attached hydrogens (tertiary/aromatic N) is 2. The average Bonchev–Trinajstić information content (AvgIpc) is 2.92. The highest BCUT2D eigenvalue weighted by Gasteiger charge is 2.29. The van der Waals surface area contributed by atoms with Crippen molar-refractivity contribution >= 4 is 33.0 Å². The number of hydrogen-bond acceptors (Lipinski definition) is 7. The van der Waals surface area contributed by atoms with E-state index in [1.807, 2.05) is 0 Å². The van der Waals surface area contributed by atoms with E-state index in [1.165, 1.54) is 17.5 Å². The molecule has 0 saturated carbocycles. The smallest absolute Gasteiger partial charge is 0.306 e. The molecule has 0 amide bonds. The number of sulfonamides is 1. The van der Waals surface area contributed by atoms with Crippen LogP contribution in [0.15, 0.2) is 15.7 Å². The van der Waals surface area contributed by atoms with Crippen LogP contribution in [0.2, 0.25) is 0 Å². The van der Waals surface area contributed by atoms with E-state index in [9.17, 15) is 13.2 Å². The first-order valence-corrected chi connectivity index (χ1v) is 8.89. The molecule has 118 valence electrons. The van der Waals surface area contributed by atoms with E-state index in [4.69, 9.17) is 5.73 Å². The van der Waals surface area contributed by atoms with Gasteiger partial charge in [-0.3, -0.25) is 4.79 Å². The van der Waals surface area contributed by atoms with Gasteiger partial charge < -0.3 is 15.4 Å². The average molecular weight is 333 g/mol. The molecule has 1 aromatic heterocycles. The van der Waals surface area contributed by atoms with Crippen LogP contribution in [0.4, 0.5) is 5.69 Å². The molecule has 0 atom stereocenters. The summed E-state index contributed by atoms with van der Waals surface area (Å²) in [6.07, 6.45) is 0.324. The Kier molecular flexibility index (Phi) is 5.20. The second-order valence-electron chi connectivity index (χ2n) is 4.77. The fraction of sp³-hybridized carbons (Fsp3) is 0.583. The van der Waals surface area contributed by atoms with Crippen LogP contribution in [0.1, 0.15) is 6.42 Å². The highest BCUT2D eigenvalue weighted by Crippen LogP contribution is 2.25. The minimum absolute atomic E-state index is 0.251. The van der Waals surface area contributed by atoms with Gasteiger partial charge in [0.05, 0.1) is 13.5 Å². The monoisotopic (exact) mass is 333 g/mol. The first kappa shape index (κ1) is 16.2. The maximum absolute atomic E-state index is 12.4. The lowest BCUT2D eigenvalue weighted by Gasteiger charge is -2.33. The van der Waals surface area contributed by atoms with Crippen molar-refractivity contribution in [3.63, 3.8) is 0 Å². The number of hydrogen-bond donors (Lipinski definition) is 1. The summed E-state index contributed by atoms with van der Waals surface area (Å²) in [6.45, 7) is 2.64. The summed E-state index contributed by atoms with van der Waals surface area (Å²) in [7, 11) is -2.09. The van der Waals surface area contributed by atoms with Crippen LogP contribution in [0.25, 0.3) is 0 Å². The minimum atomic E-state index is -3.45. The van der Waals surface area contributed by atoms with Crippen LogP contribution in [-0.2, 0) is 19.6 Å². The largest absolute Gasteiger partial charge is 0.469 e. The van der Waals surface area contributed by atoms with Gasteiger partial charge in [-0.15, -0.1) is 11.3 Å². The fourth-order valence-electron chi connectivity index (χ4n) is 2.14. The Hall–Kier alpha value is -1.16. The number of rotatable bonds is 5. The van der Waals surface area contributed by atoms with Gasteiger partial charge in [0, 0.05) is 43.8 Å². The molecule has 0 unspecified atom stereocenters. The predicted octanol–water partition coefficient (Wildman–Crippen LogP) is 0.200. The van der Waals surface area contributed by atoms with E-state index in [1.54, 1.807) is 5.38 Å². The molecule has 9 heteroatoms. The van der Waals surface area contributed by atoms with E-state index in [0.29, 0.717) is 44.8 Å². The van der Waals surface area contributed by atoms with Crippen molar-refractivity contribution in [2.75, 3.05) is 45.6 Å². The highest BCUT2D eigenvalue weighted by molar-refractivity contribution is 7.91. The standard InChI is InChI=1S/C12H19N3O4S2/c1-19-11(16)2-3-14-4-6-15(7-5-14)21(17,18)12-8-10(13)9-20-12/h8-9H,2-7,13H2,1H3.